The highest BCUT2D eigenvalue weighted by atomic mass is 19.1. The first-order valence-corrected chi connectivity index (χ1v) is 7.75. The Hall–Kier alpha value is -1.98. The molecule has 6 heteroatoms. The molecule has 1 heterocycles. The van der Waals surface area contributed by atoms with Crippen LogP contribution in [0.5, 0.6) is 0 Å². The van der Waals surface area contributed by atoms with Crippen LogP contribution >= 0.6 is 0 Å². The molecule has 0 spiro atoms. The Balaban J connectivity index is 1.77. The molecule has 0 unspecified atom stereocenters. The number of nitrogens with zero attached hydrogens (tertiary/aromatic N) is 2. The molecular formula is C16H23FN3O2+. The Morgan fingerprint density at radius 1 is 1.27 bits per heavy atom. The first-order chi connectivity index (χ1) is 10.6. The second kappa shape index (κ2) is 7.87. The SMILES string of the molecule is N[N+](=O)c1ccc(CCC(=O)N2CCC(CCF)CC2)cc1. The maximum Gasteiger partial charge on any atom is 0.291 e. The van der Waals surface area contributed by atoms with Gasteiger partial charge in [-0.15, -0.1) is 0 Å². The summed E-state index contributed by atoms with van der Waals surface area (Å²) in [4.78, 5) is 25.3. The lowest BCUT2D eigenvalue weighted by Crippen LogP contribution is -2.38. The molecule has 2 rings (SSSR count). The maximum absolute atomic E-state index is 12.3. The van der Waals surface area contributed by atoms with Gasteiger partial charge in [-0.1, -0.05) is 12.1 Å². The summed E-state index contributed by atoms with van der Waals surface area (Å²) in [5.41, 5.74) is 1.40. The van der Waals surface area contributed by atoms with Crippen LogP contribution in [0.1, 0.15) is 31.2 Å². The fraction of sp³-hybridized carbons (Fsp3) is 0.562. The number of carbonyl (C=O) groups is 1. The molecule has 1 fully saturated rings. The van der Waals surface area contributed by atoms with E-state index in [4.69, 9.17) is 5.84 Å². The normalized spacial score (nSPS) is 15.8. The van der Waals surface area contributed by atoms with E-state index in [2.05, 4.69) is 0 Å². The summed E-state index contributed by atoms with van der Waals surface area (Å²) in [5, 5.41) is 0. The molecule has 1 aromatic rings. The van der Waals surface area contributed by atoms with Gasteiger partial charge in [0.05, 0.1) is 11.6 Å². The number of alkyl halides is 1. The van der Waals surface area contributed by atoms with E-state index in [9.17, 15) is 14.1 Å². The van der Waals surface area contributed by atoms with Crippen molar-refractivity contribution in [3.05, 3.63) is 34.7 Å². The van der Waals surface area contributed by atoms with Crippen molar-refractivity contribution < 1.29 is 14.1 Å². The predicted molar refractivity (Wildman–Crippen MR) is 82.1 cm³/mol. The Kier molecular flexibility index (Phi) is 5.86. The monoisotopic (exact) mass is 308 g/mol. The average molecular weight is 308 g/mol. The van der Waals surface area contributed by atoms with Gasteiger partial charge in [0, 0.05) is 31.6 Å². The Bertz CT molecular complexity index is 511. The lowest BCUT2D eigenvalue weighted by atomic mass is 9.94. The number of hydrogen-bond donors (Lipinski definition) is 1. The highest BCUT2D eigenvalue weighted by Gasteiger charge is 2.22. The van der Waals surface area contributed by atoms with Crippen LogP contribution in [0.4, 0.5) is 10.1 Å². The van der Waals surface area contributed by atoms with Crippen LogP contribution in [0.2, 0.25) is 0 Å². The van der Waals surface area contributed by atoms with E-state index in [1.54, 1.807) is 12.1 Å². The van der Waals surface area contributed by atoms with Crippen LogP contribution in [0.15, 0.2) is 24.3 Å². The first kappa shape index (κ1) is 16.4. The van der Waals surface area contributed by atoms with Crippen LogP contribution in [-0.4, -0.2) is 35.4 Å². The van der Waals surface area contributed by atoms with Crippen LogP contribution in [0.3, 0.4) is 0 Å². The number of benzene rings is 1. The molecule has 1 aromatic carbocycles. The molecule has 2 N–H and O–H groups in total. The lowest BCUT2D eigenvalue weighted by molar-refractivity contribution is -0.474. The van der Waals surface area contributed by atoms with Gasteiger partial charge >= 0.3 is 0 Å². The van der Waals surface area contributed by atoms with Gasteiger partial charge in [-0.05, 0) is 37.2 Å². The molecular weight excluding hydrogens is 285 g/mol. The summed E-state index contributed by atoms with van der Waals surface area (Å²) in [7, 11) is 0. The first-order valence-electron chi connectivity index (χ1n) is 7.75. The number of piperidine rings is 1. The number of hydrazine groups is 1. The summed E-state index contributed by atoms with van der Waals surface area (Å²) >= 11 is 0. The van der Waals surface area contributed by atoms with E-state index < -0.39 is 0 Å². The Morgan fingerprint density at radius 2 is 1.91 bits per heavy atom. The van der Waals surface area contributed by atoms with Crippen molar-refractivity contribution in [1.82, 2.24) is 4.90 Å². The molecule has 5 nitrogen and oxygen atoms in total. The molecule has 0 atom stereocenters. The minimum atomic E-state index is -0.266. The number of hydrogen-bond acceptors (Lipinski definition) is 2. The molecule has 1 aliphatic rings. The number of nitroso groups, excluding NO2 is 1. The van der Waals surface area contributed by atoms with Gasteiger partial charge in [-0.25, -0.2) is 0 Å². The van der Waals surface area contributed by atoms with E-state index >= 15 is 0 Å². The van der Waals surface area contributed by atoms with E-state index in [1.807, 2.05) is 17.0 Å². The largest absolute Gasteiger partial charge is 0.343 e. The third-order valence-corrected chi connectivity index (χ3v) is 4.30. The highest BCUT2D eigenvalue weighted by molar-refractivity contribution is 5.76. The second-order valence-corrected chi connectivity index (χ2v) is 5.79. The van der Waals surface area contributed by atoms with Crippen molar-refractivity contribution in [2.24, 2.45) is 11.8 Å². The molecule has 0 radical (unpaired) electrons. The smallest absolute Gasteiger partial charge is 0.291 e. The topological polar surface area (TPSA) is 66.4 Å². The minimum Gasteiger partial charge on any atom is -0.343 e. The molecule has 1 aliphatic heterocycles. The number of aryl methyl sites for hydroxylation is 1. The van der Waals surface area contributed by atoms with Crippen LogP contribution in [-0.2, 0) is 11.2 Å². The molecule has 1 amide bonds. The standard InChI is InChI=1S/C16H23FN3O2/c17-10-7-14-8-11-19(12-9-14)16(21)6-3-13-1-4-15(5-2-13)20(18)22/h1-2,4-5,14H,3,6-12H2,(H2,18,22)/q+1. The van der Waals surface area contributed by atoms with Gasteiger partial charge in [-0.2, -0.15) is 5.84 Å². The van der Waals surface area contributed by atoms with Crippen LogP contribution in [0, 0.1) is 10.8 Å². The van der Waals surface area contributed by atoms with Crippen molar-refractivity contribution in [1.29, 1.82) is 0 Å². The van der Waals surface area contributed by atoms with E-state index in [0.29, 0.717) is 35.7 Å². The predicted octanol–water partition coefficient (Wildman–Crippen LogP) is 2.50. The van der Waals surface area contributed by atoms with Crippen molar-refractivity contribution in [2.45, 2.75) is 32.1 Å². The zero-order valence-electron chi connectivity index (χ0n) is 12.7. The zero-order chi connectivity index (χ0) is 15.9. The second-order valence-electron chi connectivity index (χ2n) is 5.79. The summed E-state index contributed by atoms with van der Waals surface area (Å²) in [5.74, 6) is 5.68. The van der Waals surface area contributed by atoms with Gasteiger partial charge in [0.25, 0.3) is 5.69 Å². The molecule has 0 aromatic heterocycles. The Labute approximate surface area is 129 Å². The van der Waals surface area contributed by atoms with Crippen molar-refractivity contribution in [3.63, 3.8) is 0 Å². The number of nitrogens with two attached hydrogens (primary N) is 1. The maximum atomic E-state index is 12.3. The summed E-state index contributed by atoms with van der Waals surface area (Å²) in [6.45, 7) is 1.21. The van der Waals surface area contributed by atoms with E-state index in [-0.39, 0.29) is 12.6 Å². The fourth-order valence-electron chi connectivity index (χ4n) is 2.84. The molecule has 0 bridgehead atoms. The van der Waals surface area contributed by atoms with Gasteiger partial charge in [-0.3, -0.25) is 9.18 Å². The van der Waals surface area contributed by atoms with Gasteiger partial charge in [0.2, 0.25) is 5.91 Å². The van der Waals surface area contributed by atoms with Crippen LogP contribution < -0.4 is 5.84 Å². The molecule has 22 heavy (non-hydrogen) atoms. The van der Waals surface area contributed by atoms with Gasteiger partial charge in [0.1, 0.15) is 0 Å². The quantitative estimate of drug-likeness (QED) is 0.499. The molecule has 1 saturated heterocycles. The molecule has 120 valence electrons. The third kappa shape index (κ3) is 4.51. The lowest BCUT2D eigenvalue weighted by Gasteiger charge is -2.31. The van der Waals surface area contributed by atoms with Gasteiger partial charge < -0.3 is 4.90 Å². The van der Waals surface area contributed by atoms with Gasteiger partial charge in [0.15, 0.2) is 4.87 Å². The average Bonchev–Trinajstić information content (AvgIpc) is 2.54. The number of carbonyl (C=O) groups excluding carboxylic acids is 1. The summed E-state index contributed by atoms with van der Waals surface area (Å²) in [6.07, 6.45) is 3.52. The molecule has 0 saturated carbocycles. The highest BCUT2D eigenvalue weighted by Crippen LogP contribution is 2.21. The minimum absolute atomic E-state index is 0.145. The summed E-state index contributed by atoms with van der Waals surface area (Å²) in [6, 6.07) is 6.92. The molecule has 0 aliphatic carbocycles. The fourth-order valence-corrected chi connectivity index (χ4v) is 2.84. The third-order valence-electron chi connectivity index (χ3n) is 4.30. The number of halogens is 1. The summed E-state index contributed by atoms with van der Waals surface area (Å²) < 4.78 is 12.3. The van der Waals surface area contributed by atoms with E-state index in [0.717, 1.165) is 31.5 Å². The van der Waals surface area contributed by atoms with Crippen molar-refractivity contribution in [2.75, 3.05) is 19.8 Å². The van der Waals surface area contributed by atoms with Crippen molar-refractivity contribution >= 4 is 11.6 Å². The number of rotatable bonds is 6. The van der Waals surface area contributed by atoms with Crippen LogP contribution in [0.25, 0.3) is 0 Å². The zero-order valence-corrected chi connectivity index (χ0v) is 12.7. The van der Waals surface area contributed by atoms with E-state index in [1.165, 1.54) is 0 Å². The van der Waals surface area contributed by atoms with Crippen molar-refractivity contribution in [3.8, 4) is 0 Å². The Morgan fingerprint density at radius 3 is 2.45 bits per heavy atom. The number of amides is 1. The number of likely N-dealkylation sites (tertiary alicyclic amines) is 1.